The zero-order chi connectivity index (χ0) is 19.5. The summed E-state index contributed by atoms with van der Waals surface area (Å²) in [6.07, 6.45) is 4.96. The van der Waals surface area contributed by atoms with Crippen molar-refractivity contribution in [2.45, 2.75) is 39.8 Å². The number of aliphatic imine (C=N–C) groups is 1. The van der Waals surface area contributed by atoms with Gasteiger partial charge < -0.3 is 10.6 Å². The predicted octanol–water partition coefficient (Wildman–Crippen LogP) is 2.83. The summed E-state index contributed by atoms with van der Waals surface area (Å²) in [6, 6.07) is 11.0. The smallest absolute Gasteiger partial charge is 0.191 e. The lowest BCUT2D eigenvalue weighted by Crippen LogP contribution is -2.43. The Labute approximate surface area is 163 Å². The van der Waals surface area contributed by atoms with Gasteiger partial charge >= 0.3 is 0 Å². The first-order valence-corrected chi connectivity index (χ1v) is 9.90. The van der Waals surface area contributed by atoms with Crippen molar-refractivity contribution in [3.63, 3.8) is 0 Å². The van der Waals surface area contributed by atoms with Crippen molar-refractivity contribution < 1.29 is 0 Å². The standard InChI is InChI=1S/C21H34N6/c1-5-26(6-2)20(19-11-8-7-9-12-19)16-24-21(22-4)23-13-10-14-27-17-18(3)15-25-27/h7-9,11-12,15,17,20H,5-6,10,13-14,16H2,1-4H3,(H2,22,23,24). The minimum absolute atomic E-state index is 0.326. The van der Waals surface area contributed by atoms with Crippen LogP contribution in [0.15, 0.2) is 47.7 Å². The van der Waals surface area contributed by atoms with Crippen LogP contribution in [0.1, 0.15) is 37.4 Å². The number of likely N-dealkylation sites (N-methyl/N-ethyl adjacent to an activating group) is 1. The molecule has 0 saturated carbocycles. The molecule has 0 amide bonds. The molecule has 2 rings (SSSR count). The van der Waals surface area contributed by atoms with Gasteiger partial charge in [0.15, 0.2) is 5.96 Å². The van der Waals surface area contributed by atoms with Crippen LogP contribution >= 0.6 is 0 Å². The number of nitrogens with zero attached hydrogens (tertiary/aromatic N) is 4. The Balaban J connectivity index is 1.84. The third-order valence-corrected chi connectivity index (χ3v) is 4.74. The highest BCUT2D eigenvalue weighted by molar-refractivity contribution is 5.79. The molecule has 0 radical (unpaired) electrons. The molecular weight excluding hydrogens is 336 g/mol. The molecule has 2 N–H and O–H groups in total. The van der Waals surface area contributed by atoms with Gasteiger partial charge in [-0.05, 0) is 37.6 Å². The molecule has 1 aromatic carbocycles. The highest BCUT2D eigenvalue weighted by Gasteiger charge is 2.18. The molecule has 0 aliphatic heterocycles. The second-order valence-corrected chi connectivity index (χ2v) is 6.66. The Bertz CT molecular complexity index is 675. The predicted molar refractivity (Wildman–Crippen MR) is 113 cm³/mol. The fourth-order valence-corrected chi connectivity index (χ4v) is 3.25. The molecule has 148 valence electrons. The van der Waals surface area contributed by atoms with Gasteiger partial charge in [0.25, 0.3) is 0 Å². The van der Waals surface area contributed by atoms with Gasteiger partial charge in [-0.3, -0.25) is 14.6 Å². The fraction of sp³-hybridized carbons (Fsp3) is 0.524. The largest absolute Gasteiger partial charge is 0.356 e. The number of nitrogens with one attached hydrogen (secondary N) is 2. The van der Waals surface area contributed by atoms with E-state index in [1.54, 1.807) is 0 Å². The van der Waals surface area contributed by atoms with E-state index in [1.165, 1.54) is 11.1 Å². The molecule has 0 spiro atoms. The second-order valence-electron chi connectivity index (χ2n) is 6.66. The van der Waals surface area contributed by atoms with Crippen LogP contribution in [0.2, 0.25) is 0 Å². The zero-order valence-electron chi connectivity index (χ0n) is 17.2. The lowest BCUT2D eigenvalue weighted by Gasteiger charge is -2.30. The van der Waals surface area contributed by atoms with Gasteiger partial charge in [-0.25, -0.2) is 0 Å². The summed E-state index contributed by atoms with van der Waals surface area (Å²) >= 11 is 0. The van der Waals surface area contributed by atoms with Crippen LogP contribution in [0.3, 0.4) is 0 Å². The van der Waals surface area contributed by atoms with Crippen LogP contribution in [0, 0.1) is 6.92 Å². The molecule has 27 heavy (non-hydrogen) atoms. The molecule has 6 nitrogen and oxygen atoms in total. The zero-order valence-corrected chi connectivity index (χ0v) is 17.2. The first-order chi connectivity index (χ1) is 13.2. The summed E-state index contributed by atoms with van der Waals surface area (Å²) in [4.78, 5) is 6.83. The third-order valence-electron chi connectivity index (χ3n) is 4.74. The van der Waals surface area contributed by atoms with Gasteiger partial charge in [0.1, 0.15) is 0 Å². The maximum atomic E-state index is 4.37. The number of rotatable bonds is 10. The average molecular weight is 371 g/mol. The van der Waals surface area contributed by atoms with Crippen molar-refractivity contribution in [1.29, 1.82) is 0 Å². The van der Waals surface area contributed by atoms with Crippen molar-refractivity contribution in [3.05, 3.63) is 53.9 Å². The average Bonchev–Trinajstić information content (AvgIpc) is 3.12. The molecule has 0 fully saturated rings. The van der Waals surface area contributed by atoms with E-state index in [4.69, 9.17) is 0 Å². The minimum atomic E-state index is 0.326. The number of guanidine groups is 1. The van der Waals surface area contributed by atoms with Crippen LogP contribution in [0.25, 0.3) is 0 Å². The first-order valence-electron chi connectivity index (χ1n) is 9.90. The highest BCUT2D eigenvalue weighted by Crippen LogP contribution is 2.19. The van der Waals surface area contributed by atoms with E-state index >= 15 is 0 Å². The fourth-order valence-electron chi connectivity index (χ4n) is 3.25. The monoisotopic (exact) mass is 370 g/mol. The van der Waals surface area contributed by atoms with E-state index in [9.17, 15) is 0 Å². The van der Waals surface area contributed by atoms with Crippen LogP contribution in [0.4, 0.5) is 0 Å². The van der Waals surface area contributed by atoms with E-state index in [2.05, 4.69) is 82.9 Å². The first kappa shape index (κ1) is 21.0. The van der Waals surface area contributed by atoms with Gasteiger partial charge in [-0.2, -0.15) is 5.10 Å². The molecule has 6 heteroatoms. The van der Waals surface area contributed by atoms with E-state index in [-0.39, 0.29) is 0 Å². The molecule has 0 saturated heterocycles. The number of hydrogen-bond donors (Lipinski definition) is 2. The summed E-state index contributed by atoms with van der Waals surface area (Å²) in [6.45, 7) is 11.1. The molecule has 0 bridgehead atoms. The van der Waals surface area contributed by atoms with Gasteiger partial charge in [0.2, 0.25) is 0 Å². The Kier molecular flexibility index (Phi) is 8.84. The summed E-state index contributed by atoms with van der Waals surface area (Å²) in [5.74, 6) is 0.847. The van der Waals surface area contributed by atoms with Crippen LogP contribution in [0.5, 0.6) is 0 Å². The van der Waals surface area contributed by atoms with Crippen molar-refractivity contribution in [2.75, 3.05) is 33.2 Å². The van der Waals surface area contributed by atoms with E-state index in [1.807, 2.05) is 17.9 Å². The van der Waals surface area contributed by atoms with Crippen LogP contribution in [-0.2, 0) is 6.54 Å². The molecule has 1 aromatic heterocycles. The third kappa shape index (κ3) is 6.71. The SMILES string of the molecule is CCN(CC)C(CNC(=NC)NCCCn1cc(C)cn1)c1ccccc1. The quantitative estimate of drug-likeness (QED) is 0.384. The van der Waals surface area contributed by atoms with E-state index < -0.39 is 0 Å². The summed E-state index contributed by atoms with van der Waals surface area (Å²) in [7, 11) is 1.82. The maximum Gasteiger partial charge on any atom is 0.191 e. The topological polar surface area (TPSA) is 57.5 Å². The van der Waals surface area contributed by atoms with E-state index in [0.717, 1.165) is 45.1 Å². The Morgan fingerprint density at radius 1 is 1.19 bits per heavy atom. The van der Waals surface area contributed by atoms with Gasteiger partial charge in [0, 0.05) is 32.9 Å². The second kappa shape index (κ2) is 11.4. The van der Waals surface area contributed by atoms with Crippen LogP contribution in [-0.4, -0.2) is 53.9 Å². The Morgan fingerprint density at radius 2 is 1.93 bits per heavy atom. The van der Waals surface area contributed by atoms with Gasteiger partial charge in [0.05, 0.1) is 12.2 Å². The normalized spacial score (nSPS) is 13.0. The maximum absolute atomic E-state index is 4.37. The molecule has 1 atom stereocenters. The lowest BCUT2D eigenvalue weighted by atomic mass is 10.1. The number of benzene rings is 1. The molecular formula is C21H34N6. The number of aryl methyl sites for hydroxylation is 2. The number of hydrogen-bond acceptors (Lipinski definition) is 3. The molecule has 1 unspecified atom stereocenters. The molecule has 2 aromatic rings. The summed E-state index contributed by atoms with van der Waals surface area (Å²) in [5, 5.41) is 11.2. The highest BCUT2D eigenvalue weighted by atomic mass is 15.3. The molecule has 0 aliphatic rings. The molecule has 0 aliphatic carbocycles. The Hall–Kier alpha value is -2.34. The van der Waals surface area contributed by atoms with Gasteiger partial charge in [-0.1, -0.05) is 44.2 Å². The summed E-state index contributed by atoms with van der Waals surface area (Å²) in [5.41, 5.74) is 2.53. The van der Waals surface area contributed by atoms with Crippen molar-refractivity contribution in [2.24, 2.45) is 4.99 Å². The van der Waals surface area contributed by atoms with Crippen molar-refractivity contribution in [1.82, 2.24) is 25.3 Å². The van der Waals surface area contributed by atoms with E-state index in [0.29, 0.717) is 6.04 Å². The Morgan fingerprint density at radius 3 is 2.52 bits per heavy atom. The van der Waals surface area contributed by atoms with Crippen molar-refractivity contribution >= 4 is 5.96 Å². The minimum Gasteiger partial charge on any atom is -0.356 e. The van der Waals surface area contributed by atoms with Gasteiger partial charge in [-0.15, -0.1) is 0 Å². The lowest BCUT2D eigenvalue weighted by molar-refractivity contribution is 0.219. The molecule has 1 heterocycles. The number of aromatic nitrogens is 2. The van der Waals surface area contributed by atoms with Crippen molar-refractivity contribution in [3.8, 4) is 0 Å². The van der Waals surface area contributed by atoms with Crippen LogP contribution < -0.4 is 10.6 Å². The summed E-state index contributed by atoms with van der Waals surface area (Å²) < 4.78 is 1.99.